The molecule has 0 fully saturated rings. The Morgan fingerprint density at radius 3 is 2.40 bits per heavy atom. The second-order valence-electron chi connectivity index (χ2n) is 6.02. The minimum Gasteiger partial charge on any atom is -0.496 e. The van der Waals surface area contributed by atoms with Gasteiger partial charge in [-0.2, -0.15) is 0 Å². The second-order valence-corrected chi connectivity index (χ2v) is 6.87. The van der Waals surface area contributed by atoms with Gasteiger partial charge in [-0.25, -0.2) is 4.39 Å². The molecule has 0 bridgehead atoms. The lowest BCUT2D eigenvalue weighted by atomic mass is 9.99. The number of benzene rings is 2. The van der Waals surface area contributed by atoms with Crippen LogP contribution < -0.4 is 9.47 Å². The molecule has 0 saturated heterocycles. The van der Waals surface area contributed by atoms with Crippen LogP contribution in [0.4, 0.5) is 4.39 Å². The monoisotopic (exact) mass is 405 g/mol. The standard InChI is InChI=1S/C20H21BrFNO2/c1-24-19-12-20(25-2)18(21)11-16(19)13-23-9-7-15(8-10-23)14-3-5-17(22)6-4-14/h3-7,11-12H,8-10,13H2,1-2H3. The molecule has 2 aromatic rings. The van der Waals surface area contributed by atoms with Gasteiger partial charge in [0.05, 0.1) is 18.7 Å². The molecule has 25 heavy (non-hydrogen) atoms. The fourth-order valence-electron chi connectivity index (χ4n) is 3.07. The molecule has 0 aromatic heterocycles. The molecule has 0 spiro atoms. The summed E-state index contributed by atoms with van der Waals surface area (Å²) in [4.78, 5) is 2.36. The molecular formula is C20H21BrFNO2. The largest absolute Gasteiger partial charge is 0.496 e. The van der Waals surface area contributed by atoms with Crippen molar-refractivity contribution in [2.75, 3.05) is 27.3 Å². The fraction of sp³-hybridized carbons (Fsp3) is 0.300. The van der Waals surface area contributed by atoms with Gasteiger partial charge in [-0.1, -0.05) is 18.2 Å². The van der Waals surface area contributed by atoms with Gasteiger partial charge in [0.1, 0.15) is 17.3 Å². The quantitative estimate of drug-likeness (QED) is 0.706. The summed E-state index contributed by atoms with van der Waals surface area (Å²) in [5, 5.41) is 0. The van der Waals surface area contributed by atoms with Crippen LogP contribution in [0.25, 0.3) is 5.57 Å². The molecule has 3 nitrogen and oxygen atoms in total. The molecule has 0 amide bonds. The first-order valence-corrected chi connectivity index (χ1v) is 8.97. The van der Waals surface area contributed by atoms with Crippen molar-refractivity contribution in [3.63, 3.8) is 0 Å². The molecule has 0 atom stereocenters. The second kappa shape index (κ2) is 8.02. The molecule has 0 unspecified atom stereocenters. The topological polar surface area (TPSA) is 21.7 Å². The molecule has 0 saturated carbocycles. The summed E-state index contributed by atoms with van der Waals surface area (Å²) in [6.07, 6.45) is 3.17. The van der Waals surface area contributed by atoms with Crippen molar-refractivity contribution in [1.82, 2.24) is 4.90 Å². The van der Waals surface area contributed by atoms with E-state index in [0.29, 0.717) is 0 Å². The Labute approximate surface area is 156 Å². The average Bonchev–Trinajstić information content (AvgIpc) is 2.63. The van der Waals surface area contributed by atoms with Crippen molar-refractivity contribution >= 4 is 21.5 Å². The predicted molar refractivity (Wildman–Crippen MR) is 102 cm³/mol. The smallest absolute Gasteiger partial charge is 0.136 e. The van der Waals surface area contributed by atoms with Gasteiger partial charge in [-0.05, 0) is 51.7 Å². The van der Waals surface area contributed by atoms with Gasteiger partial charge in [0, 0.05) is 31.3 Å². The predicted octanol–water partition coefficient (Wildman–Crippen LogP) is 4.89. The molecule has 2 aromatic carbocycles. The van der Waals surface area contributed by atoms with Crippen LogP contribution in [0.1, 0.15) is 17.5 Å². The van der Waals surface area contributed by atoms with Gasteiger partial charge in [-0.3, -0.25) is 4.90 Å². The van der Waals surface area contributed by atoms with E-state index in [1.165, 1.54) is 17.7 Å². The zero-order chi connectivity index (χ0) is 17.8. The Balaban J connectivity index is 1.71. The Bertz CT molecular complexity index is 774. The van der Waals surface area contributed by atoms with Crippen LogP contribution in [0.15, 0.2) is 46.9 Å². The molecule has 1 aliphatic rings. The third-order valence-corrected chi connectivity index (χ3v) is 5.08. The summed E-state index contributed by atoms with van der Waals surface area (Å²) in [7, 11) is 3.32. The van der Waals surface area contributed by atoms with E-state index >= 15 is 0 Å². The van der Waals surface area contributed by atoms with Gasteiger partial charge in [0.15, 0.2) is 0 Å². The van der Waals surface area contributed by atoms with Crippen molar-refractivity contribution in [2.24, 2.45) is 0 Å². The zero-order valence-corrected chi connectivity index (χ0v) is 16.0. The van der Waals surface area contributed by atoms with E-state index in [1.54, 1.807) is 14.2 Å². The number of halogens is 2. The van der Waals surface area contributed by atoms with Crippen LogP contribution in [0.5, 0.6) is 11.5 Å². The van der Waals surface area contributed by atoms with Gasteiger partial charge in [0.2, 0.25) is 0 Å². The van der Waals surface area contributed by atoms with Gasteiger partial charge < -0.3 is 9.47 Å². The van der Waals surface area contributed by atoms with Crippen molar-refractivity contribution in [3.8, 4) is 11.5 Å². The van der Waals surface area contributed by atoms with Gasteiger partial charge in [0.25, 0.3) is 0 Å². The molecule has 0 radical (unpaired) electrons. The molecule has 132 valence electrons. The first-order chi connectivity index (χ1) is 12.1. The van der Waals surface area contributed by atoms with Crippen molar-refractivity contribution in [3.05, 3.63) is 63.9 Å². The Kier molecular flexibility index (Phi) is 5.76. The minimum atomic E-state index is -0.195. The Morgan fingerprint density at radius 1 is 1.08 bits per heavy atom. The van der Waals surface area contributed by atoms with Crippen LogP contribution in [0.2, 0.25) is 0 Å². The lowest BCUT2D eigenvalue weighted by Crippen LogP contribution is -2.28. The summed E-state index contributed by atoms with van der Waals surface area (Å²) < 4.78 is 24.8. The summed E-state index contributed by atoms with van der Waals surface area (Å²) in [6.45, 7) is 2.62. The maximum Gasteiger partial charge on any atom is 0.136 e. The van der Waals surface area contributed by atoms with Crippen LogP contribution in [0.3, 0.4) is 0 Å². The van der Waals surface area contributed by atoms with Crippen LogP contribution in [-0.4, -0.2) is 32.2 Å². The molecule has 3 rings (SSSR count). The first kappa shape index (κ1) is 18.0. The van der Waals surface area contributed by atoms with Crippen LogP contribution in [-0.2, 0) is 6.54 Å². The number of hydrogen-bond acceptors (Lipinski definition) is 3. The number of ether oxygens (including phenoxy) is 2. The molecule has 0 N–H and O–H groups in total. The maximum absolute atomic E-state index is 13.1. The molecule has 0 aliphatic carbocycles. The summed E-state index contributed by atoms with van der Waals surface area (Å²) in [5.74, 6) is 1.39. The maximum atomic E-state index is 13.1. The van der Waals surface area contributed by atoms with Crippen molar-refractivity contribution in [1.29, 1.82) is 0 Å². The first-order valence-electron chi connectivity index (χ1n) is 8.18. The summed E-state index contributed by atoms with van der Waals surface area (Å²) in [6, 6.07) is 10.7. The van der Waals surface area contributed by atoms with E-state index < -0.39 is 0 Å². The van der Waals surface area contributed by atoms with E-state index in [2.05, 4.69) is 33.0 Å². The van der Waals surface area contributed by atoms with E-state index in [-0.39, 0.29) is 5.82 Å². The third-order valence-electron chi connectivity index (χ3n) is 4.46. The SMILES string of the molecule is COc1cc(OC)c(CN2CC=C(c3ccc(F)cc3)CC2)cc1Br. The summed E-state index contributed by atoms with van der Waals surface area (Å²) >= 11 is 3.54. The van der Waals surface area contributed by atoms with E-state index in [1.807, 2.05) is 18.2 Å². The van der Waals surface area contributed by atoms with E-state index in [4.69, 9.17) is 9.47 Å². The number of rotatable bonds is 5. The third kappa shape index (κ3) is 4.22. The van der Waals surface area contributed by atoms with Gasteiger partial charge in [-0.15, -0.1) is 0 Å². The molecule has 1 aliphatic heterocycles. The summed E-state index contributed by atoms with van der Waals surface area (Å²) in [5.41, 5.74) is 3.50. The highest BCUT2D eigenvalue weighted by atomic mass is 79.9. The van der Waals surface area contributed by atoms with Gasteiger partial charge >= 0.3 is 0 Å². The molecular weight excluding hydrogens is 385 g/mol. The Hall–Kier alpha value is -1.85. The highest BCUT2D eigenvalue weighted by Gasteiger charge is 2.17. The number of nitrogens with zero attached hydrogens (tertiary/aromatic N) is 1. The minimum absolute atomic E-state index is 0.195. The molecule has 5 heteroatoms. The lowest BCUT2D eigenvalue weighted by molar-refractivity contribution is 0.287. The van der Waals surface area contributed by atoms with E-state index in [9.17, 15) is 4.39 Å². The molecule has 1 heterocycles. The van der Waals surface area contributed by atoms with Crippen LogP contribution >= 0.6 is 15.9 Å². The highest BCUT2D eigenvalue weighted by molar-refractivity contribution is 9.10. The van der Waals surface area contributed by atoms with Crippen molar-refractivity contribution in [2.45, 2.75) is 13.0 Å². The number of hydrogen-bond donors (Lipinski definition) is 0. The normalized spacial score (nSPS) is 15.0. The van der Waals surface area contributed by atoms with E-state index in [0.717, 1.165) is 53.2 Å². The van der Waals surface area contributed by atoms with Crippen LogP contribution in [0, 0.1) is 5.82 Å². The average molecular weight is 406 g/mol. The number of methoxy groups -OCH3 is 2. The highest BCUT2D eigenvalue weighted by Crippen LogP contribution is 2.34. The Morgan fingerprint density at radius 2 is 1.80 bits per heavy atom. The van der Waals surface area contributed by atoms with Crippen molar-refractivity contribution < 1.29 is 13.9 Å². The fourth-order valence-corrected chi connectivity index (χ4v) is 3.62. The lowest BCUT2D eigenvalue weighted by Gasteiger charge is -2.27. The zero-order valence-electron chi connectivity index (χ0n) is 14.4.